The van der Waals surface area contributed by atoms with Crippen molar-refractivity contribution in [3.63, 3.8) is 0 Å². The molecule has 2 aromatic rings. The van der Waals surface area contributed by atoms with Gasteiger partial charge in [0.1, 0.15) is 0 Å². The second-order valence-corrected chi connectivity index (χ2v) is 6.19. The van der Waals surface area contributed by atoms with Crippen LogP contribution in [0.3, 0.4) is 0 Å². The van der Waals surface area contributed by atoms with Gasteiger partial charge in [0.05, 0.1) is 18.1 Å². The van der Waals surface area contributed by atoms with Gasteiger partial charge in [-0.25, -0.2) is 0 Å². The summed E-state index contributed by atoms with van der Waals surface area (Å²) in [5.74, 6) is -0.916. The van der Waals surface area contributed by atoms with Crippen molar-refractivity contribution in [2.75, 3.05) is 13.7 Å². The fourth-order valence-electron chi connectivity index (χ4n) is 3.37. The number of hydrogen-bond acceptors (Lipinski definition) is 3. The van der Waals surface area contributed by atoms with Crippen molar-refractivity contribution in [3.05, 3.63) is 76.9 Å². The van der Waals surface area contributed by atoms with Crippen LogP contribution < -0.4 is 5.73 Å². The van der Waals surface area contributed by atoms with Crippen molar-refractivity contribution >= 4 is 11.4 Å². The number of halogens is 3. The van der Waals surface area contributed by atoms with Crippen molar-refractivity contribution in [3.8, 4) is 0 Å². The number of carbonyl (C=O) groups excluding carboxylic acids is 1. The van der Waals surface area contributed by atoms with E-state index in [1.54, 1.807) is 24.3 Å². The molecule has 6 heteroatoms. The van der Waals surface area contributed by atoms with Gasteiger partial charge in [0.15, 0.2) is 5.78 Å². The normalized spacial score (nSPS) is 20.7. The predicted octanol–water partition coefficient (Wildman–Crippen LogP) is 3.80. The summed E-state index contributed by atoms with van der Waals surface area (Å²) < 4.78 is 44.4. The van der Waals surface area contributed by atoms with Crippen molar-refractivity contribution in [2.24, 2.45) is 5.73 Å². The van der Waals surface area contributed by atoms with Crippen LogP contribution in [0.1, 0.15) is 22.6 Å². The van der Waals surface area contributed by atoms with E-state index >= 15 is 0 Å². The lowest BCUT2D eigenvalue weighted by atomic mass is 9.90. The van der Waals surface area contributed by atoms with Crippen molar-refractivity contribution in [1.29, 1.82) is 0 Å². The standard InChI is InChI=1S/C20H18F3NO2/c1-26-11-15-16(13-8-5-9-14(10-13)20(21,22)23)19(25)17(18(15)24)12-6-3-2-4-7-12/h2-10,17-18H,11,24H2,1H3. The smallest absolute Gasteiger partial charge is 0.380 e. The third-order valence-electron chi connectivity index (χ3n) is 4.55. The Morgan fingerprint density at radius 3 is 2.38 bits per heavy atom. The van der Waals surface area contributed by atoms with Crippen LogP contribution in [0, 0.1) is 0 Å². The first-order valence-electron chi connectivity index (χ1n) is 8.09. The van der Waals surface area contributed by atoms with Crippen LogP contribution in [0.15, 0.2) is 60.2 Å². The lowest BCUT2D eigenvalue weighted by Gasteiger charge is -2.17. The molecular weight excluding hydrogens is 343 g/mol. The van der Waals surface area contributed by atoms with E-state index < -0.39 is 23.7 Å². The summed E-state index contributed by atoms with van der Waals surface area (Å²) in [6.07, 6.45) is -4.49. The van der Waals surface area contributed by atoms with Crippen LogP contribution in [0.2, 0.25) is 0 Å². The second kappa shape index (κ2) is 7.05. The molecule has 0 fully saturated rings. The number of allylic oxidation sites excluding steroid dienone is 1. The lowest BCUT2D eigenvalue weighted by Crippen LogP contribution is -2.30. The number of ketones is 1. The molecule has 0 aromatic heterocycles. The Labute approximate surface area is 149 Å². The van der Waals surface area contributed by atoms with Gasteiger partial charge in [0, 0.05) is 18.7 Å². The van der Waals surface area contributed by atoms with Crippen LogP contribution >= 0.6 is 0 Å². The molecule has 0 heterocycles. The topological polar surface area (TPSA) is 52.3 Å². The summed E-state index contributed by atoms with van der Waals surface area (Å²) >= 11 is 0. The van der Waals surface area contributed by atoms with Crippen LogP contribution in [0.4, 0.5) is 13.2 Å². The summed E-state index contributed by atoms with van der Waals surface area (Å²) in [6.45, 7) is 0.0851. The van der Waals surface area contributed by atoms with Gasteiger partial charge in [-0.3, -0.25) is 4.79 Å². The van der Waals surface area contributed by atoms with E-state index in [1.807, 2.05) is 6.07 Å². The first-order valence-corrected chi connectivity index (χ1v) is 8.09. The van der Waals surface area contributed by atoms with Gasteiger partial charge in [0.25, 0.3) is 0 Å². The molecule has 0 spiro atoms. The molecule has 2 atom stereocenters. The third kappa shape index (κ3) is 3.30. The number of hydrogen-bond donors (Lipinski definition) is 1. The van der Waals surface area contributed by atoms with Crippen LogP contribution in [0.5, 0.6) is 0 Å². The molecule has 0 radical (unpaired) electrons. The third-order valence-corrected chi connectivity index (χ3v) is 4.55. The molecule has 2 aromatic carbocycles. The van der Waals surface area contributed by atoms with E-state index in [2.05, 4.69) is 0 Å². The number of alkyl halides is 3. The highest BCUT2D eigenvalue weighted by Gasteiger charge is 2.41. The molecule has 0 aliphatic heterocycles. The minimum Gasteiger partial charge on any atom is -0.380 e. The van der Waals surface area contributed by atoms with E-state index in [0.717, 1.165) is 17.7 Å². The molecule has 136 valence electrons. The summed E-state index contributed by atoms with van der Waals surface area (Å²) in [7, 11) is 1.46. The highest BCUT2D eigenvalue weighted by molar-refractivity contribution is 6.27. The maximum Gasteiger partial charge on any atom is 0.416 e. The number of benzene rings is 2. The number of methoxy groups -OCH3 is 1. The molecule has 0 saturated carbocycles. The molecule has 3 rings (SSSR count). The molecule has 2 unspecified atom stereocenters. The zero-order valence-corrected chi connectivity index (χ0v) is 14.1. The molecule has 0 saturated heterocycles. The Kier molecular flexibility index (Phi) is 4.98. The minimum atomic E-state index is -4.49. The van der Waals surface area contributed by atoms with Gasteiger partial charge in [-0.05, 0) is 28.8 Å². The fraction of sp³-hybridized carbons (Fsp3) is 0.250. The highest BCUT2D eigenvalue weighted by Crippen LogP contribution is 2.41. The summed E-state index contributed by atoms with van der Waals surface area (Å²) in [5.41, 5.74) is 7.19. The van der Waals surface area contributed by atoms with Crippen molar-refractivity contribution in [2.45, 2.75) is 18.1 Å². The van der Waals surface area contributed by atoms with Gasteiger partial charge in [-0.15, -0.1) is 0 Å². The molecule has 0 bridgehead atoms. The Morgan fingerprint density at radius 2 is 1.77 bits per heavy atom. The van der Waals surface area contributed by atoms with E-state index in [0.29, 0.717) is 5.57 Å². The number of ether oxygens (including phenoxy) is 1. The Balaban J connectivity index is 2.10. The van der Waals surface area contributed by atoms with Gasteiger partial charge in [-0.1, -0.05) is 42.5 Å². The fourth-order valence-corrected chi connectivity index (χ4v) is 3.37. The molecular formula is C20H18F3NO2. The Hall–Kier alpha value is -2.44. The summed E-state index contributed by atoms with van der Waals surface area (Å²) in [6, 6.07) is 13.1. The first-order chi connectivity index (χ1) is 12.3. The zero-order chi connectivity index (χ0) is 18.9. The summed E-state index contributed by atoms with van der Waals surface area (Å²) in [4.78, 5) is 13.1. The average Bonchev–Trinajstić information content (AvgIpc) is 2.86. The maximum atomic E-state index is 13.1. The number of carbonyl (C=O) groups is 1. The minimum absolute atomic E-state index is 0.0851. The Bertz CT molecular complexity index is 844. The summed E-state index contributed by atoms with van der Waals surface area (Å²) in [5, 5.41) is 0. The highest BCUT2D eigenvalue weighted by atomic mass is 19.4. The molecule has 1 aliphatic carbocycles. The monoisotopic (exact) mass is 361 g/mol. The van der Waals surface area contributed by atoms with Crippen LogP contribution in [-0.4, -0.2) is 25.5 Å². The number of Topliss-reactive ketones (excluding diaryl/α,β-unsaturated/α-hetero) is 1. The molecule has 26 heavy (non-hydrogen) atoms. The average molecular weight is 361 g/mol. The molecule has 0 amide bonds. The van der Waals surface area contributed by atoms with E-state index in [9.17, 15) is 18.0 Å². The van der Waals surface area contributed by atoms with Crippen molar-refractivity contribution in [1.82, 2.24) is 0 Å². The first kappa shape index (κ1) is 18.4. The second-order valence-electron chi connectivity index (χ2n) is 6.19. The van der Waals surface area contributed by atoms with Crippen LogP contribution in [0.25, 0.3) is 5.57 Å². The maximum absolute atomic E-state index is 13.1. The molecule has 1 aliphatic rings. The number of rotatable bonds is 4. The van der Waals surface area contributed by atoms with Gasteiger partial charge in [-0.2, -0.15) is 13.2 Å². The SMILES string of the molecule is COCC1=C(c2cccc(C(F)(F)F)c2)C(=O)C(c2ccccc2)C1N. The lowest BCUT2D eigenvalue weighted by molar-refractivity contribution is -0.137. The van der Waals surface area contributed by atoms with Gasteiger partial charge in [0.2, 0.25) is 0 Å². The predicted molar refractivity (Wildman–Crippen MR) is 92.4 cm³/mol. The van der Waals surface area contributed by atoms with Gasteiger partial charge < -0.3 is 10.5 Å². The van der Waals surface area contributed by atoms with Crippen LogP contribution in [-0.2, 0) is 15.7 Å². The zero-order valence-electron chi connectivity index (χ0n) is 14.1. The van der Waals surface area contributed by atoms with Crippen molar-refractivity contribution < 1.29 is 22.7 Å². The Morgan fingerprint density at radius 1 is 1.08 bits per heavy atom. The molecule has 3 nitrogen and oxygen atoms in total. The molecule has 2 N–H and O–H groups in total. The van der Waals surface area contributed by atoms with E-state index in [4.69, 9.17) is 10.5 Å². The quantitative estimate of drug-likeness (QED) is 0.901. The van der Waals surface area contributed by atoms with E-state index in [1.165, 1.54) is 19.2 Å². The van der Waals surface area contributed by atoms with E-state index in [-0.39, 0.29) is 23.5 Å². The largest absolute Gasteiger partial charge is 0.416 e. The van der Waals surface area contributed by atoms with Gasteiger partial charge >= 0.3 is 6.18 Å². The number of nitrogens with two attached hydrogens (primary N) is 1.